The van der Waals surface area contributed by atoms with E-state index < -0.39 is 10.0 Å². The second-order valence-electron chi connectivity index (χ2n) is 5.61. The molecule has 1 aliphatic rings. The molecule has 134 valence electrons. The van der Waals surface area contributed by atoms with Gasteiger partial charge in [-0.25, -0.2) is 8.42 Å². The topological polar surface area (TPSA) is 79.0 Å². The normalized spacial score (nSPS) is 16.9. The summed E-state index contributed by atoms with van der Waals surface area (Å²) in [6, 6.07) is 6.17. The quantitative estimate of drug-likeness (QED) is 0.716. The lowest BCUT2D eigenvalue weighted by Gasteiger charge is -2.33. The Morgan fingerprint density at radius 2 is 1.96 bits per heavy atom. The van der Waals surface area contributed by atoms with Crippen molar-refractivity contribution < 1.29 is 17.9 Å². The van der Waals surface area contributed by atoms with Crippen LogP contribution in [0.3, 0.4) is 0 Å². The monoisotopic (exact) mass is 355 g/mol. The third kappa shape index (κ3) is 4.54. The molecule has 0 radical (unpaired) electrons. The number of methoxy groups -OCH3 is 1. The summed E-state index contributed by atoms with van der Waals surface area (Å²) in [4.78, 5) is 14.4. The van der Waals surface area contributed by atoms with Gasteiger partial charge in [0.05, 0.1) is 11.5 Å². The first-order chi connectivity index (χ1) is 11.5. The predicted octanol–water partition coefficient (Wildman–Crippen LogP) is 0.389. The number of benzene rings is 1. The van der Waals surface area contributed by atoms with Crippen molar-refractivity contribution in [2.24, 2.45) is 0 Å². The molecule has 1 aromatic carbocycles. The van der Waals surface area contributed by atoms with E-state index in [1.807, 2.05) is 0 Å². The number of ether oxygens (including phenoxy) is 1. The Hall–Kier alpha value is -1.48. The zero-order valence-corrected chi connectivity index (χ0v) is 15.0. The Kier molecular flexibility index (Phi) is 6.73. The Balaban J connectivity index is 2.10. The summed E-state index contributed by atoms with van der Waals surface area (Å²) >= 11 is 0. The highest BCUT2D eigenvalue weighted by molar-refractivity contribution is 7.89. The third-order valence-corrected chi connectivity index (χ3v) is 6.00. The van der Waals surface area contributed by atoms with Crippen LogP contribution in [0.5, 0.6) is 0 Å². The van der Waals surface area contributed by atoms with Gasteiger partial charge >= 0.3 is 0 Å². The Bertz CT molecular complexity index is 655. The first-order valence-corrected chi connectivity index (χ1v) is 9.52. The van der Waals surface area contributed by atoms with Crippen molar-refractivity contribution in [1.29, 1.82) is 0 Å². The molecule has 0 atom stereocenters. The van der Waals surface area contributed by atoms with Crippen LogP contribution in [-0.2, 0) is 14.8 Å². The van der Waals surface area contributed by atoms with Crippen LogP contribution in [0.1, 0.15) is 17.3 Å². The molecule has 1 N–H and O–H groups in total. The second kappa shape index (κ2) is 8.57. The number of piperazine rings is 1. The summed E-state index contributed by atoms with van der Waals surface area (Å²) in [6.45, 7) is 6.18. The molecule has 7 nitrogen and oxygen atoms in total. The number of nitrogens with one attached hydrogen (secondary N) is 1. The zero-order valence-electron chi connectivity index (χ0n) is 14.2. The van der Waals surface area contributed by atoms with E-state index in [0.29, 0.717) is 31.8 Å². The summed E-state index contributed by atoms with van der Waals surface area (Å²) in [5.41, 5.74) is 0.333. The van der Waals surface area contributed by atoms with E-state index in [0.717, 1.165) is 19.6 Å². The largest absolute Gasteiger partial charge is 0.383 e. The first-order valence-electron chi connectivity index (χ1n) is 8.08. The molecule has 1 aromatic rings. The zero-order chi connectivity index (χ0) is 17.6. The minimum atomic E-state index is -3.57. The lowest BCUT2D eigenvalue weighted by Crippen LogP contribution is -2.48. The Morgan fingerprint density at radius 3 is 2.58 bits per heavy atom. The Morgan fingerprint density at radius 1 is 1.25 bits per heavy atom. The van der Waals surface area contributed by atoms with Gasteiger partial charge in [-0.2, -0.15) is 4.31 Å². The second-order valence-corrected chi connectivity index (χ2v) is 7.55. The predicted molar refractivity (Wildman–Crippen MR) is 91.5 cm³/mol. The van der Waals surface area contributed by atoms with Gasteiger partial charge in [-0.3, -0.25) is 4.79 Å². The van der Waals surface area contributed by atoms with Gasteiger partial charge in [0.2, 0.25) is 10.0 Å². The minimum absolute atomic E-state index is 0.159. The van der Waals surface area contributed by atoms with Crippen molar-refractivity contribution in [3.8, 4) is 0 Å². The fourth-order valence-electron chi connectivity index (χ4n) is 2.60. The van der Waals surface area contributed by atoms with Gasteiger partial charge in [-0.1, -0.05) is 13.0 Å². The molecule has 0 aliphatic carbocycles. The van der Waals surface area contributed by atoms with E-state index >= 15 is 0 Å². The van der Waals surface area contributed by atoms with E-state index in [1.54, 1.807) is 19.2 Å². The van der Waals surface area contributed by atoms with Crippen molar-refractivity contribution in [3.63, 3.8) is 0 Å². The van der Waals surface area contributed by atoms with Crippen LogP contribution >= 0.6 is 0 Å². The smallest absolute Gasteiger partial charge is 0.251 e. The van der Waals surface area contributed by atoms with Crippen LogP contribution in [0.25, 0.3) is 0 Å². The maximum absolute atomic E-state index is 12.8. The third-order valence-electron chi connectivity index (χ3n) is 4.10. The first kappa shape index (κ1) is 18.9. The van der Waals surface area contributed by atoms with Gasteiger partial charge in [-0.05, 0) is 24.7 Å². The van der Waals surface area contributed by atoms with E-state index in [4.69, 9.17) is 4.74 Å². The van der Waals surface area contributed by atoms with Crippen molar-refractivity contribution in [2.45, 2.75) is 11.8 Å². The lowest BCUT2D eigenvalue weighted by atomic mass is 10.2. The highest BCUT2D eigenvalue weighted by atomic mass is 32.2. The molecule has 1 aliphatic heterocycles. The molecular formula is C16H25N3O4S. The molecule has 1 heterocycles. The number of nitrogens with zero attached hydrogens (tertiary/aromatic N) is 2. The van der Waals surface area contributed by atoms with Crippen molar-refractivity contribution in [1.82, 2.24) is 14.5 Å². The van der Waals surface area contributed by atoms with Crippen LogP contribution in [0.2, 0.25) is 0 Å². The van der Waals surface area contributed by atoms with Crippen molar-refractivity contribution in [3.05, 3.63) is 29.8 Å². The number of carbonyl (C=O) groups excluding carboxylic acids is 1. The number of hydrogen-bond donors (Lipinski definition) is 1. The maximum Gasteiger partial charge on any atom is 0.251 e. The maximum atomic E-state index is 12.8. The average Bonchev–Trinajstić information content (AvgIpc) is 2.62. The number of amides is 1. The molecule has 24 heavy (non-hydrogen) atoms. The number of carbonyl (C=O) groups is 1. The van der Waals surface area contributed by atoms with Crippen molar-refractivity contribution in [2.75, 3.05) is 53.0 Å². The minimum Gasteiger partial charge on any atom is -0.383 e. The van der Waals surface area contributed by atoms with Gasteiger partial charge in [-0.15, -0.1) is 0 Å². The van der Waals surface area contributed by atoms with Gasteiger partial charge in [0.25, 0.3) is 5.91 Å². The molecular weight excluding hydrogens is 330 g/mol. The summed E-state index contributed by atoms with van der Waals surface area (Å²) < 4.78 is 31.9. The standard InChI is InChI=1S/C16H25N3O4S/c1-3-18-8-10-19(11-9-18)24(21,22)15-6-4-5-14(13-15)16(20)17-7-12-23-2/h4-6,13H,3,7-12H2,1-2H3,(H,17,20). The molecule has 2 rings (SSSR count). The van der Waals surface area contributed by atoms with Crippen LogP contribution in [-0.4, -0.2) is 76.5 Å². The van der Waals surface area contributed by atoms with E-state index in [1.165, 1.54) is 16.4 Å². The molecule has 0 unspecified atom stereocenters. The van der Waals surface area contributed by atoms with E-state index in [-0.39, 0.29) is 10.8 Å². The molecule has 1 fully saturated rings. The van der Waals surface area contributed by atoms with Crippen LogP contribution < -0.4 is 5.32 Å². The van der Waals surface area contributed by atoms with Crippen molar-refractivity contribution >= 4 is 15.9 Å². The number of hydrogen-bond acceptors (Lipinski definition) is 5. The van der Waals surface area contributed by atoms with Crippen LogP contribution in [0.15, 0.2) is 29.2 Å². The fourth-order valence-corrected chi connectivity index (χ4v) is 4.07. The molecule has 1 amide bonds. The highest BCUT2D eigenvalue weighted by Gasteiger charge is 2.28. The van der Waals surface area contributed by atoms with Crippen LogP contribution in [0, 0.1) is 0 Å². The van der Waals surface area contributed by atoms with Gasteiger partial charge in [0.15, 0.2) is 0 Å². The summed E-state index contributed by atoms with van der Waals surface area (Å²) in [5.74, 6) is -0.306. The van der Waals surface area contributed by atoms with Gasteiger partial charge in [0.1, 0.15) is 0 Å². The van der Waals surface area contributed by atoms with Gasteiger partial charge in [0, 0.05) is 45.4 Å². The Labute approximate surface area is 143 Å². The van der Waals surface area contributed by atoms with E-state index in [2.05, 4.69) is 17.1 Å². The summed E-state index contributed by atoms with van der Waals surface area (Å²) in [7, 11) is -2.02. The molecule has 0 aromatic heterocycles. The molecule has 0 saturated carbocycles. The lowest BCUT2D eigenvalue weighted by molar-refractivity contribution is 0.0937. The average molecular weight is 355 g/mol. The summed E-state index contributed by atoms with van der Waals surface area (Å²) in [5, 5.41) is 2.69. The molecule has 1 saturated heterocycles. The summed E-state index contributed by atoms with van der Waals surface area (Å²) in [6.07, 6.45) is 0. The highest BCUT2D eigenvalue weighted by Crippen LogP contribution is 2.19. The fraction of sp³-hybridized carbons (Fsp3) is 0.562. The number of sulfonamides is 1. The molecule has 0 bridgehead atoms. The molecule has 0 spiro atoms. The molecule has 8 heteroatoms. The SMILES string of the molecule is CCN1CCN(S(=O)(=O)c2cccc(C(=O)NCCOC)c2)CC1. The number of likely N-dealkylation sites (N-methyl/N-ethyl adjacent to an activating group) is 1. The van der Waals surface area contributed by atoms with Gasteiger partial charge < -0.3 is 15.0 Å². The van der Waals surface area contributed by atoms with E-state index in [9.17, 15) is 13.2 Å². The van der Waals surface area contributed by atoms with Crippen LogP contribution in [0.4, 0.5) is 0 Å². The number of rotatable bonds is 7.